The molecule has 1 aliphatic rings. The number of nitrogens with one attached hydrogen (secondary N) is 2. The molecule has 1 aromatic carbocycles. The highest BCUT2D eigenvalue weighted by molar-refractivity contribution is 7.80. The molecule has 0 radical (unpaired) electrons. The van der Waals surface area contributed by atoms with Gasteiger partial charge in [-0.3, -0.25) is 0 Å². The van der Waals surface area contributed by atoms with E-state index >= 15 is 0 Å². The summed E-state index contributed by atoms with van der Waals surface area (Å²) >= 11 is 5.55. The van der Waals surface area contributed by atoms with E-state index in [0.29, 0.717) is 5.92 Å². The van der Waals surface area contributed by atoms with Gasteiger partial charge in [0, 0.05) is 31.9 Å². The summed E-state index contributed by atoms with van der Waals surface area (Å²) in [5, 5.41) is 7.65. The molecule has 1 fully saturated rings. The SMILES string of the molecule is Cc1cccc(C(C)C)c1NC(=S)N1CCNCC1. The summed E-state index contributed by atoms with van der Waals surface area (Å²) in [7, 11) is 0. The summed E-state index contributed by atoms with van der Waals surface area (Å²) in [4.78, 5) is 2.24. The molecule has 2 N–H and O–H groups in total. The molecule has 1 aliphatic heterocycles. The predicted molar refractivity (Wildman–Crippen MR) is 85.9 cm³/mol. The van der Waals surface area contributed by atoms with Gasteiger partial charge < -0.3 is 15.5 Å². The van der Waals surface area contributed by atoms with Crippen molar-refractivity contribution >= 4 is 23.0 Å². The molecule has 4 heteroatoms. The first-order valence-electron chi connectivity index (χ1n) is 6.95. The molecule has 0 saturated carbocycles. The Bertz CT molecular complexity index is 451. The van der Waals surface area contributed by atoms with E-state index in [1.807, 2.05) is 0 Å². The number of rotatable bonds is 2. The Morgan fingerprint density at radius 1 is 1.32 bits per heavy atom. The first-order chi connectivity index (χ1) is 9.09. The lowest BCUT2D eigenvalue weighted by molar-refractivity contribution is 0.362. The van der Waals surface area contributed by atoms with Crippen LogP contribution in [0.4, 0.5) is 5.69 Å². The Labute approximate surface area is 121 Å². The number of hydrogen-bond donors (Lipinski definition) is 2. The number of anilines is 1. The predicted octanol–water partition coefficient (Wildman–Crippen LogP) is 2.72. The normalized spacial score (nSPS) is 15.7. The summed E-state index contributed by atoms with van der Waals surface area (Å²) in [6, 6.07) is 6.43. The van der Waals surface area contributed by atoms with Crippen LogP contribution in [-0.4, -0.2) is 36.2 Å². The van der Waals surface area contributed by atoms with E-state index < -0.39 is 0 Å². The maximum atomic E-state index is 5.55. The third kappa shape index (κ3) is 3.45. The molecule has 3 nitrogen and oxygen atoms in total. The van der Waals surface area contributed by atoms with Crippen LogP contribution in [0.1, 0.15) is 30.9 Å². The number of hydrogen-bond acceptors (Lipinski definition) is 2. The Balaban J connectivity index is 2.15. The minimum atomic E-state index is 0.494. The van der Waals surface area contributed by atoms with E-state index in [4.69, 9.17) is 12.2 Å². The number of piperazine rings is 1. The zero-order valence-corrected chi connectivity index (χ0v) is 12.8. The fraction of sp³-hybridized carbons (Fsp3) is 0.533. The molecular weight excluding hydrogens is 254 g/mol. The lowest BCUT2D eigenvalue weighted by atomic mass is 9.98. The average molecular weight is 277 g/mol. The second-order valence-electron chi connectivity index (χ2n) is 5.36. The van der Waals surface area contributed by atoms with Gasteiger partial charge in [0.2, 0.25) is 0 Å². The molecule has 1 heterocycles. The summed E-state index contributed by atoms with van der Waals surface area (Å²) in [5.74, 6) is 0.494. The zero-order chi connectivity index (χ0) is 13.8. The third-order valence-electron chi connectivity index (χ3n) is 3.56. The van der Waals surface area contributed by atoms with Crippen LogP contribution >= 0.6 is 12.2 Å². The van der Waals surface area contributed by atoms with Crippen molar-refractivity contribution in [1.82, 2.24) is 10.2 Å². The third-order valence-corrected chi connectivity index (χ3v) is 3.92. The molecule has 0 bridgehead atoms. The highest BCUT2D eigenvalue weighted by Gasteiger charge is 2.16. The molecule has 2 rings (SSSR count). The van der Waals surface area contributed by atoms with Gasteiger partial charge in [-0.05, 0) is 36.2 Å². The van der Waals surface area contributed by atoms with Crippen molar-refractivity contribution in [3.63, 3.8) is 0 Å². The number of para-hydroxylation sites is 1. The van der Waals surface area contributed by atoms with Crippen LogP contribution in [-0.2, 0) is 0 Å². The smallest absolute Gasteiger partial charge is 0.173 e. The van der Waals surface area contributed by atoms with Gasteiger partial charge in [-0.25, -0.2) is 0 Å². The van der Waals surface area contributed by atoms with Crippen molar-refractivity contribution in [2.24, 2.45) is 0 Å². The standard InChI is InChI=1S/C15H23N3S/c1-11(2)13-6-4-5-12(3)14(13)17-15(19)18-9-7-16-8-10-18/h4-6,11,16H,7-10H2,1-3H3,(H,17,19). The van der Waals surface area contributed by atoms with Crippen molar-refractivity contribution in [3.8, 4) is 0 Å². The monoisotopic (exact) mass is 277 g/mol. The zero-order valence-electron chi connectivity index (χ0n) is 12.0. The average Bonchev–Trinajstić information content (AvgIpc) is 2.41. The van der Waals surface area contributed by atoms with Crippen LogP contribution in [0.5, 0.6) is 0 Å². The fourth-order valence-electron chi connectivity index (χ4n) is 2.40. The summed E-state index contributed by atoms with van der Waals surface area (Å²) in [5.41, 5.74) is 3.77. The molecule has 0 aliphatic carbocycles. The van der Waals surface area contributed by atoms with Crippen molar-refractivity contribution in [3.05, 3.63) is 29.3 Å². The van der Waals surface area contributed by atoms with Crippen molar-refractivity contribution < 1.29 is 0 Å². The van der Waals surface area contributed by atoms with Crippen molar-refractivity contribution in [2.75, 3.05) is 31.5 Å². The Kier molecular flexibility index (Phi) is 4.77. The van der Waals surface area contributed by atoms with Gasteiger partial charge in [0.15, 0.2) is 5.11 Å². The maximum absolute atomic E-state index is 5.55. The highest BCUT2D eigenvalue weighted by Crippen LogP contribution is 2.27. The number of aryl methyl sites for hydroxylation is 1. The second kappa shape index (κ2) is 6.35. The van der Waals surface area contributed by atoms with E-state index in [1.165, 1.54) is 16.8 Å². The van der Waals surface area contributed by atoms with Gasteiger partial charge in [-0.2, -0.15) is 0 Å². The second-order valence-corrected chi connectivity index (χ2v) is 5.75. The first kappa shape index (κ1) is 14.3. The number of thiocarbonyl (C=S) groups is 1. The van der Waals surface area contributed by atoms with Gasteiger partial charge >= 0.3 is 0 Å². The van der Waals surface area contributed by atoms with Crippen LogP contribution in [0, 0.1) is 6.92 Å². The van der Waals surface area contributed by atoms with E-state index in [1.54, 1.807) is 0 Å². The quantitative estimate of drug-likeness (QED) is 0.813. The molecule has 1 saturated heterocycles. The molecule has 0 aromatic heterocycles. The van der Waals surface area contributed by atoms with Crippen LogP contribution < -0.4 is 10.6 Å². The Morgan fingerprint density at radius 3 is 2.63 bits per heavy atom. The number of nitrogens with zero attached hydrogens (tertiary/aromatic N) is 1. The largest absolute Gasteiger partial charge is 0.346 e. The molecule has 0 unspecified atom stereocenters. The van der Waals surface area contributed by atoms with Crippen LogP contribution in [0.15, 0.2) is 18.2 Å². The fourth-order valence-corrected chi connectivity index (χ4v) is 2.68. The molecule has 0 amide bonds. The van der Waals surface area contributed by atoms with Crippen LogP contribution in [0.2, 0.25) is 0 Å². The van der Waals surface area contributed by atoms with Crippen LogP contribution in [0.3, 0.4) is 0 Å². The Hall–Kier alpha value is -1.13. The minimum absolute atomic E-state index is 0.494. The number of benzene rings is 1. The van der Waals surface area contributed by atoms with Gasteiger partial charge in [-0.1, -0.05) is 32.0 Å². The summed E-state index contributed by atoms with van der Waals surface area (Å²) in [6.07, 6.45) is 0. The molecule has 0 spiro atoms. The molecule has 104 valence electrons. The van der Waals surface area contributed by atoms with Gasteiger partial charge in [0.25, 0.3) is 0 Å². The van der Waals surface area contributed by atoms with E-state index in [2.05, 4.69) is 54.5 Å². The minimum Gasteiger partial charge on any atom is -0.346 e. The van der Waals surface area contributed by atoms with Gasteiger partial charge in [0.05, 0.1) is 0 Å². The van der Waals surface area contributed by atoms with E-state index in [-0.39, 0.29) is 0 Å². The highest BCUT2D eigenvalue weighted by atomic mass is 32.1. The lowest BCUT2D eigenvalue weighted by Crippen LogP contribution is -2.48. The Morgan fingerprint density at radius 2 is 2.00 bits per heavy atom. The first-order valence-corrected chi connectivity index (χ1v) is 7.36. The maximum Gasteiger partial charge on any atom is 0.173 e. The van der Waals surface area contributed by atoms with Crippen molar-refractivity contribution in [1.29, 1.82) is 0 Å². The van der Waals surface area contributed by atoms with E-state index in [0.717, 1.165) is 31.3 Å². The summed E-state index contributed by atoms with van der Waals surface area (Å²) < 4.78 is 0. The lowest BCUT2D eigenvalue weighted by Gasteiger charge is -2.31. The van der Waals surface area contributed by atoms with Gasteiger partial charge in [-0.15, -0.1) is 0 Å². The molecule has 1 aromatic rings. The van der Waals surface area contributed by atoms with E-state index in [9.17, 15) is 0 Å². The van der Waals surface area contributed by atoms with Crippen molar-refractivity contribution in [2.45, 2.75) is 26.7 Å². The summed E-state index contributed by atoms with van der Waals surface area (Å²) in [6.45, 7) is 10.5. The topological polar surface area (TPSA) is 27.3 Å². The molecular formula is C15H23N3S. The van der Waals surface area contributed by atoms with Crippen LogP contribution in [0.25, 0.3) is 0 Å². The van der Waals surface area contributed by atoms with Gasteiger partial charge in [0.1, 0.15) is 0 Å². The molecule has 19 heavy (non-hydrogen) atoms. The molecule has 0 atom stereocenters.